The first kappa shape index (κ1) is 18.1. The third-order valence-electron chi connectivity index (χ3n) is 5.93. The van der Waals surface area contributed by atoms with Gasteiger partial charge in [0.25, 0.3) is 0 Å². The Balaban J connectivity index is 1.36. The second kappa shape index (κ2) is 7.77. The normalized spacial score (nSPS) is 23.1. The molecule has 0 saturated carbocycles. The molecule has 27 heavy (non-hydrogen) atoms. The van der Waals surface area contributed by atoms with Crippen molar-refractivity contribution in [1.29, 1.82) is 0 Å². The average molecular weight is 367 g/mol. The maximum Gasteiger partial charge on any atom is 0.227 e. The highest BCUT2D eigenvalue weighted by atomic mass is 19.1. The summed E-state index contributed by atoms with van der Waals surface area (Å²) in [5, 5.41) is 0. The summed E-state index contributed by atoms with van der Waals surface area (Å²) in [6, 6.07) is 10.6. The number of carbonyl (C=O) groups excluding carboxylic acids is 1. The zero-order chi connectivity index (χ0) is 18.7. The van der Waals surface area contributed by atoms with Gasteiger partial charge in [-0.15, -0.1) is 0 Å². The number of nitrogens with zero attached hydrogens (tertiary/aromatic N) is 3. The van der Waals surface area contributed by atoms with E-state index < -0.39 is 0 Å². The summed E-state index contributed by atoms with van der Waals surface area (Å²) < 4.78 is 13.1. The molecule has 4 rings (SSSR count). The van der Waals surface area contributed by atoms with Crippen molar-refractivity contribution in [2.45, 2.75) is 32.2 Å². The summed E-state index contributed by atoms with van der Waals surface area (Å²) in [5.74, 6) is 0.0192. The van der Waals surface area contributed by atoms with Crippen LogP contribution in [0.5, 0.6) is 0 Å². The maximum atomic E-state index is 13.1. The molecule has 1 aromatic heterocycles. The Hall–Kier alpha value is -2.27. The first-order valence-corrected chi connectivity index (χ1v) is 9.75. The van der Waals surface area contributed by atoms with Crippen LogP contribution < -0.4 is 0 Å². The van der Waals surface area contributed by atoms with E-state index in [1.807, 2.05) is 24.3 Å². The van der Waals surface area contributed by atoms with E-state index >= 15 is 0 Å². The molecule has 0 N–H and O–H groups in total. The molecule has 1 aromatic carbocycles. The van der Waals surface area contributed by atoms with Crippen LogP contribution in [0.15, 0.2) is 48.8 Å². The van der Waals surface area contributed by atoms with E-state index in [4.69, 9.17) is 0 Å². The highest BCUT2D eigenvalue weighted by Gasteiger charge is 2.42. The first-order chi connectivity index (χ1) is 13.1. The maximum absolute atomic E-state index is 13.1. The molecule has 0 bridgehead atoms. The minimum Gasteiger partial charge on any atom is -0.342 e. The lowest BCUT2D eigenvalue weighted by Crippen LogP contribution is -2.47. The molecule has 2 saturated heterocycles. The summed E-state index contributed by atoms with van der Waals surface area (Å²) in [6.45, 7) is 4.62. The second-order valence-corrected chi connectivity index (χ2v) is 8.04. The molecule has 0 aliphatic carbocycles. The molecule has 2 aliphatic heterocycles. The largest absolute Gasteiger partial charge is 0.342 e. The first-order valence-electron chi connectivity index (χ1n) is 9.75. The van der Waals surface area contributed by atoms with E-state index in [0.29, 0.717) is 6.42 Å². The molecule has 1 spiro atoms. The molecular formula is C22H26FN3O. The second-order valence-electron chi connectivity index (χ2n) is 8.04. The summed E-state index contributed by atoms with van der Waals surface area (Å²) in [5.41, 5.74) is 2.34. The van der Waals surface area contributed by atoms with Crippen molar-refractivity contribution in [2.75, 3.05) is 26.2 Å². The van der Waals surface area contributed by atoms with Gasteiger partial charge in [0, 0.05) is 44.0 Å². The van der Waals surface area contributed by atoms with Gasteiger partial charge in [-0.2, -0.15) is 0 Å². The van der Waals surface area contributed by atoms with Crippen LogP contribution >= 0.6 is 0 Å². The van der Waals surface area contributed by atoms with Gasteiger partial charge in [0.2, 0.25) is 5.91 Å². The number of amides is 1. The van der Waals surface area contributed by atoms with Gasteiger partial charge in [-0.25, -0.2) is 4.39 Å². The van der Waals surface area contributed by atoms with Crippen molar-refractivity contribution in [3.05, 3.63) is 65.7 Å². The molecule has 2 aliphatic rings. The summed E-state index contributed by atoms with van der Waals surface area (Å²) >= 11 is 0. The van der Waals surface area contributed by atoms with E-state index in [0.717, 1.165) is 56.7 Å². The van der Waals surface area contributed by atoms with Gasteiger partial charge in [0.1, 0.15) is 5.82 Å². The molecule has 2 aromatic rings. The number of benzene rings is 1. The van der Waals surface area contributed by atoms with Crippen molar-refractivity contribution < 1.29 is 9.18 Å². The van der Waals surface area contributed by atoms with Gasteiger partial charge >= 0.3 is 0 Å². The Morgan fingerprint density at radius 2 is 1.93 bits per heavy atom. The molecule has 2 fully saturated rings. The van der Waals surface area contributed by atoms with Crippen molar-refractivity contribution >= 4 is 5.91 Å². The van der Waals surface area contributed by atoms with Gasteiger partial charge in [-0.1, -0.05) is 18.2 Å². The molecule has 4 nitrogen and oxygen atoms in total. The van der Waals surface area contributed by atoms with Gasteiger partial charge in [0.05, 0.1) is 6.42 Å². The number of rotatable bonds is 4. The third-order valence-corrected chi connectivity index (χ3v) is 5.93. The van der Waals surface area contributed by atoms with Crippen LogP contribution in [-0.2, 0) is 17.8 Å². The van der Waals surface area contributed by atoms with Crippen LogP contribution in [0.25, 0.3) is 0 Å². The van der Waals surface area contributed by atoms with Crippen LogP contribution in [-0.4, -0.2) is 46.9 Å². The number of hydrogen-bond acceptors (Lipinski definition) is 3. The van der Waals surface area contributed by atoms with E-state index in [2.05, 4.69) is 14.8 Å². The Bertz CT molecular complexity index is 780. The molecule has 1 unspecified atom stereocenters. The van der Waals surface area contributed by atoms with Crippen LogP contribution in [0, 0.1) is 11.2 Å². The van der Waals surface area contributed by atoms with Gasteiger partial charge in [-0.3, -0.25) is 14.7 Å². The van der Waals surface area contributed by atoms with Crippen molar-refractivity contribution in [1.82, 2.24) is 14.8 Å². The van der Waals surface area contributed by atoms with Crippen LogP contribution in [0.2, 0.25) is 0 Å². The summed E-state index contributed by atoms with van der Waals surface area (Å²) in [7, 11) is 0. The quantitative estimate of drug-likeness (QED) is 0.832. The average Bonchev–Trinajstić information content (AvgIpc) is 3.06. The summed E-state index contributed by atoms with van der Waals surface area (Å²) in [6.07, 6.45) is 7.33. The van der Waals surface area contributed by atoms with Crippen LogP contribution in [0.3, 0.4) is 0 Å². The number of aromatic nitrogens is 1. The zero-order valence-electron chi connectivity index (χ0n) is 15.6. The molecule has 1 atom stereocenters. The van der Waals surface area contributed by atoms with E-state index in [9.17, 15) is 9.18 Å². The molecule has 3 heterocycles. The minimum atomic E-state index is -0.188. The minimum absolute atomic E-state index is 0.188. The summed E-state index contributed by atoms with van der Waals surface area (Å²) in [4.78, 5) is 21.4. The monoisotopic (exact) mass is 367 g/mol. The highest BCUT2D eigenvalue weighted by Crippen LogP contribution is 2.39. The Kier molecular flexibility index (Phi) is 5.21. The van der Waals surface area contributed by atoms with E-state index in [1.165, 1.54) is 18.6 Å². The topological polar surface area (TPSA) is 36.4 Å². The standard InChI is InChI=1S/C22H26FN3O/c23-20-6-4-18(5-7-20)15-25-12-9-22(16-25)8-2-11-26(17-22)21(27)13-19-3-1-10-24-14-19/h1,3-7,10,14H,2,8-9,11-13,15-17H2. The number of hydrogen-bond donors (Lipinski definition) is 0. The molecule has 1 amide bonds. The Morgan fingerprint density at radius 1 is 1.07 bits per heavy atom. The molecular weight excluding hydrogens is 341 g/mol. The SMILES string of the molecule is O=C(Cc1cccnc1)N1CCCC2(CCN(Cc3ccc(F)cc3)C2)C1. The fourth-order valence-electron chi connectivity index (χ4n) is 4.55. The Labute approximate surface area is 160 Å². The molecule has 0 radical (unpaired) electrons. The number of likely N-dealkylation sites (tertiary alicyclic amines) is 2. The predicted molar refractivity (Wildman–Crippen MR) is 102 cm³/mol. The van der Waals surface area contributed by atoms with Crippen molar-refractivity contribution in [2.24, 2.45) is 5.41 Å². The van der Waals surface area contributed by atoms with Crippen molar-refractivity contribution in [3.63, 3.8) is 0 Å². The van der Waals surface area contributed by atoms with Crippen molar-refractivity contribution in [3.8, 4) is 0 Å². The predicted octanol–water partition coefficient (Wildman–Crippen LogP) is 3.28. The van der Waals surface area contributed by atoms with E-state index in [1.54, 1.807) is 12.4 Å². The molecule has 142 valence electrons. The third kappa shape index (κ3) is 4.35. The fraction of sp³-hybridized carbons (Fsp3) is 0.455. The van der Waals surface area contributed by atoms with Gasteiger partial charge < -0.3 is 4.90 Å². The van der Waals surface area contributed by atoms with Gasteiger partial charge in [-0.05, 0) is 55.1 Å². The lowest BCUT2D eigenvalue weighted by molar-refractivity contribution is -0.133. The van der Waals surface area contributed by atoms with Crippen LogP contribution in [0.1, 0.15) is 30.4 Å². The zero-order valence-corrected chi connectivity index (χ0v) is 15.6. The molecule has 5 heteroatoms. The lowest BCUT2D eigenvalue weighted by atomic mass is 9.79. The smallest absolute Gasteiger partial charge is 0.227 e. The van der Waals surface area contributed by atoms with Gasteiger partial charge in [0.15, 0.2) is 0 Å². The number of pyridine rings is 1. The highest BCUT2D eigenvalue weighted by molar-refractivity contribution is 5.78. The number of halogens is 1. The number of carbonyl (C=O) groups is 1. The lowest BCUT2D eigenvalue weighted by Gasteiger charge is -2.40. The van der Waals surface area contributed by atoms with Crippen LogP contribution in [0.4, 0.5) is 4.39 Å². The fourth-order valence-corrected chi connectivity index (χ4v) is 4.55. The Morgan fingerprint density at radius 3 is 2.70 bits per heavy atom. The van der Waals surface area contributed by atoms with E-state index in [-0.39, 0.29) is 17.1 Å². The number of piperidine rings is 1.